The Morgan fingerprint density at radius 3 is 2.19 bits per heavy atom. The maximum atomic E-state index is 13.3. The van der Waals surface area contributed by atoms with E-state index in [0.29, 0.717) is 89.8 Å². The van der Waals surface area contributed by atoms with Crippen molar-refractivity contribution in [3.63, 3.8) is 0 Å². The highest BCUT2D eigenvalue weighted by Crippen LogP contribution is 2.51. The third-order valence-corrected chi connectivity index (χ3v) is 7.47. The first-order valence-corrected chi connectivity index (χ1v) is 12.8. The number of hydrogen-bond donors (Lipinski definition) is 1. The van der Waals surface area contributed by atoms with E-state index in [9.17, 15) is 19.5 Å². The van der Waals surface area contributed by atoms with E-state index in [2.05, 4.69) is 0 Å². The summed E-state index contributed by atoms with van der Waals surface area (Å²) in [7, 11) is 1.52. The summed E-state index contributed by atoms with van der Waals surface area (Å²) < 4.78 is 11.7. The average Bonchev–Trinajstić information content (AvgIpc) is 2.88. The first-order chi connectivity index (χ1) is 17.9. The molecule has 0 bridgehead atoms. The maximum Gasteiger partial charge on any atom is 0.323 e. The highest BCUT2D eigenvalue weighted by atomic mass is 35.5. The van der Waals surface area contributed by atoms with E-state index in [1.54, 1.807) is 17.0 Å². The molecule has 2 aromatic rings. The fourth-order valence-electron chi connectivity index (χ4n) is 5.65. The number of Topliss-reactive ketones (excluding diaryl/α,β-unsaturated/α-hetero) is 2. The molecule has 37 heavy (non-hydrogen) atoms. The summed E-state index contributed by atoms with van der Waals surface area (Å²) >= 11 is 6.72. The number of methoxy groups -OCH3 is 1. The molecular formula is C29H28ClNO6. The van der Waals surface area contributed by atoms with E-state index >= 15 is 0 Å². The van der Waals surface area contributed by atoms with Crippen LogP contribution in [0.4, 0.5) is 0 Å². The lowest BCUT2D eigenvalue weighted by molar-refractivity contribution is -0.138. The lowest BCUT2D eigenvalue weighted by Gasteiger charge is -2.43. The summed E-state index contributed by atoms with van der Waals surface area (Å²) in [6.07, 6.45) is 3.17. The van der Waals surface area contributed by atoms with E-state index in [-0.39, 0.29) is 18.1 Å². The zero-order valence-corrected chi connectivity index (χ0v) is 21.3. The lowest BCUT2D eigenvalue weighted by atomic mass is 9.71. The molecule has 0 radical (unpaired) electrons. The van der Waals surface area contributed by atoms with Crippen molar-refractivity contribution in [2.45, 2.75) is 51.0 Å². The van der Waals surface area contributed by atoms with Gasteiger partial charge in [0.1, 0.15) is 13.2 Å². The maximum absolute atomic E-state index is 13.3. The van der Waals surface area contributed by atoms with Gasteiger partial charge in [0.25, 0.3) is 0 Å². The molecule has 8 heteroatoms. The minimum atomic E-state index is -1.00. The number of rotatable bonds is 7. The molecule has 192 valence electrons. The van der Waals surface area contributed by atoms with Crippen LogP contribution < -0.4 is 9.47 Å². The number of hydrogen-bond acceptors (Lipinski definition) is 6. The van der Waals surface area contributed by atoms with Crippen LogP contribution in [0, 0.1) is 0 Å². The molecule has 5 rings (SSSR count). The van der Waals surface area contributed by atoms with Crippen LogP contribution in [0.3, 0.4) is 0 Å². The summed E-state index contributed by atoms with van der Waals surface area (Å²) in [5, 5.41) is 9.94. The number of benzene rings is 2. The average molecular weight is 522 g/mol. The third-order valence-electron chi connectivity index (χ3n) is 7.19. The summed E-state index contributed by atoms with van der Waals surface area (Å²) in [4.78, 5) is 40.1. The second-order valence-corrected chi connectivity index (χ2v) is 9.90. The van der Waals surface area contributed by atoms with Gasteiger partial charge in [-0.15, -0.1) is 0 Å². The van der Waals surface area contributed by atoms with Crippen molar-refractivity contribution in [3.05, 3.63) is 81.2 Å². The van der Waals surface area contributed by atoms with Gasteiger partial charge in [-0.3, -0.25) is 14.4 Å². The lowest BCUT2D eigenvalue weighted by Crippen LogP contribution is -2.41. The molecule has 0 spiro atoms. The fraction of sp³-hybridized carbons (Fsp3) is 0.345. The van der Waals surface area contributed by atoms with E-state index < -0.39 is 11.9 Å². The number of allylic oxidation sites excluding steroid dienone is 4. The Balaban J connectivity index is 1.62. The molecule has 0 fully saturated rings. The monoisotopic (exact) mass is 521 g/mol. The molecule has 0 unspecified atom stereocenters. The Kier molecular flexibility index (Phi) is 7.07. The minimum absolute atomic E-state index is 0.0638. The van der Waals surface area contributed by atoms with Gasteiger partial charge in [0.05, 0.1) is 12.1 Å². The molecule has 0 atom stereocenters. The van der Waals surface area contributed by atoms with Crippen LogP contribution in [-0.4, -0.2) is 41.2 Å². The largest absolute Gasteiger partial charge is 0.493 e. The Labute approximate surface area is 220 Å². The minimum Gasteiger partial charge on any atom is -0.493 e. The van der Waals surface area contributed by atoms with E-state index in [0.717, 1.165) is 5.56 Å². The topological polar surface area (TPSA) is 93.1 Å². The number of carbonyl (C=O) groups is 3. The predicted molar refractivity (Wildman–Crippen MR) is 138 cm³/mol. The number of ether oxygens (including phenoxy) is 2. The zero-order valence-electron chi connectivity index (χ0n) is 20.6. The Morgan fingerprint density at radius 2 is 1.62 bits per heavy atom. The van der Waals surface area contributed by atoms with Gasteiger partial charge in [-0.25, -0.2) is 0 Å². The Morgan fingerprint density at radius 1 is 1.00 bits per heavy atom. The molecule has 3 aliphatic rings. The number of aliphatic carboxylic acids is 1. The van der Waals surface area contributed by atoms with Crippen molar-refractivity contribution in [3.8, 4) is 11.5 Å². The molecule has 0 saturated heterocycles. The summed E-state index contributed by atoms with van der Waals surface area (Å²) in [5.74, 6) is -0.962. The van der Waals surface area contributed by atoms with Crippen molar-refractivity contribution < 1.29 is 29.0 Å². The van der Waals surface area contributed by atoms with Crippen molar-refractivity contribution in [2.24, 2.45) is 0 Å². The molecule has 1 heterocycles. The van der Waals surface area contributed by atoms with Gasteiger partial charge >= 0.3 is 5.97 Å². The molecule has 1 aliphatic heterocycles. The summed E-state index contributed by atoms with van der Waals surface area (Å²) in [6, 6.07) is 13.2. The molecule has 0 saturated carbocycles. The van der Waals surface area contributed by atoms with Gasteiger partial charge in [-0.1, -0.05) is 41.9 Å². The highest BCUT2D eigenvalue weighted by Gasteiger charge is 2.44. The first kappa shape index (κ1) is 25.1. The fourth-order valence-corrected chi connectivity index (χ4v) is 5.93. The van der Waals surface area contributed by atoms with Gasteiger partial charge in [0.2, 0.25) is 0 Å². The summed E-state index contributed by atoms with van der Waals surface area (Å²) in [5.41, 5.74) is 4.04. The number of ketones is 2. The number of nitrogens with zero attached hydrogens (tertiary/aromatic N) is 1. The molecule has 0 amide bonds. The van der Waals surface area contributed by atoms with Crippen LogP contribution in [0.15, 0.2) is 65.0 Å². The van der Waals surface area contributed by atoms with Crippen LogP contribution in [-0.2, 0) is 21.0 Å². The van der Waals surface area contributed by atoms with E-state index in [4.69, 9.17) is 21.1 Å². The number of carbonyl (C=O) groups excluding carboxylic acids is 2. The zero-order chi connectivity index (χ0) is 26.1. The standard InChI is InChI=1S/C29H28ClNO6/c1-36-24-14-18(13-19(30)29(24)37-16-17-7-3-2-4-8-17)26-27-20(9-5-11-22(27)32)31(15-25(34)35)21-10-6-12-23(33)28(21)26/h2-4,7-8,13-14,26H,5-6,9-12,15-16H2,1H3,(H,34,35). The van der Waals surface area contributed by atoms with Crippen molar-refractivity contribution in [2.75, 3.05) is 13.7 Å². The van der Waals surface area contributed by atoms with E-state index in [1.807, 2.05) is 30.3 Å². The van der Waals surface area contributed by atoms with Crippen LogP contribution in [0.2, 0.25) is 5.02 Å². The number of carboxylic acid groups (broad SMARTS) is 1. The SMILES string of the molecule is COc1cc(C2C3=C(CCCC3=O)N(CC(=O)O)C3=C2C(=O)CCC3)cc(Cl)c1OCc1ccccc1. The van der Waals surface area contributed by atoms with Gasteiger partial charge in [-0.05, 0) is 48.9 Å². The normalized spacial score (nSPS) is 18.1. The molecule has 0 aromatic heterocycles. The van der Waals surface area contributed by atoms with Crippen molar-refractivity contribution in [1.82, 2.24) is 4.90 Å². The third kappa shape index (κ3) is 4.76. The Bertz CT molecular complexity index is 1290. The van der Waals surface area contributed by atoms with Gasteiger partial charge < -0.3 is 19.5 Å². The van der Waals surface area contributed by atoms with Crippen LogP contribution in [0.1, 0.15) is 55.6 Å². The van der Waals surface area contributed by atoms with Gasteiger partial charge in [0, 0.05) is 41.3 Å². The van der Waals surface area contributed by atoms with Crippen LogP contribution in [0.5, 0.6) is 11.5 Å². The molecule has 2 aromatic carbocycles. The predicted octanol–water partition coefficient (Wildman–Crippen LogP) is 5.43. The quantitative estimate of drug-likeness (QED) is 0.519. The number of halogens is 1. The van der Waals surface area contributed by atoms with Crippen molar-refractivity contribution >= 4 is 29.1 Å². The second-order valence-electron chi connectivity index (χ2n) is 9.50. The first-order valence-electron chi connectivity index (χ1n) is 12.4. The smallest absolute Gasteiger partial charge is 0.323 e. The van der Waals surface area contributed by atoms with Crippen molar-refractivity contribution in [1.29, 1.82) is 0 Å². The van der Waals surface area contributed by atoms with Gasteiger partial charge in [-0.2, -0.15) is 0 Å². The van der Waals surface area contributed by atoms with E-state index in [1.165, 1.54) is 7.11 Å². The van der Waals surface area contributed by atoms with Crippen LogP contribution in [0.25, 0.3) is 0 Å². The Hall–Kier alpha value is -3.58. The summed E-state index contributed by atoms with van der Waals surface area (Å²) in [6.45, 7) is 0.0205. The highest BCUT2D eigenvalue weighted by molar-refractivity contribution is 6.32. The van der Waals surface area contributed by atoms with Crippen LogP contribution >= 0.6 is 11.6 Å². The molecule has 7 nitrogen and oxygen atoms in total. The number of carboxylic acids is 1. The molecule has 1 N–H and O–H groups in total. The molecule has 2 aliphatic carbocycles. The second kappa shape index (κ2) is 10.4. The van der Waals surface area contributed by atoms with Gasteiger partial charge in [0.15, 0.2) is 23.1 Å². The molecular weight excluding hydrogens is 494 g/mol.